The molecule has 0 rings (SSSR count). The highest BCUT2D eigenvalue weighted by Crippen LogP contribution is 2.39. The summed E-state index contributed by atoms with van der Waals surface area (Å²) >= 11 is 0. The Bertz CT molecular complexity index is 533. The van der Waals surface area contributed by atoms with E-state index < -0.39 is 8.32 Å². The fourth-order valence-electron chi connectivity index (χ4n) is 2.89. The quantitative estimate of drug-likeness (QED) is 0.108. The molecule has 0 fully saturated rings. The SMILES string of the molecule is C=CCC/C=C/C(=O)OCC(C)C[C@@H](C)[C@H](O[Si](C)(C)C(C)(C)C)[C@H](C=C)OC. The van der Waals surface area contributed by atoms with Crippen molar-refractivity contribution in [3.63, 3.8) is 0 Å². The van der Waals surface area contributed by atoms with Crippen LogP contribution in [0, 0.1) is 11.8 Å². The third-order valence-corrected chi connectivity index (χ3v) is 10.2. The maximum Gasteiger partial charge on any atom is 0.330 e. The first kappa shape index (κ1) is 27.8. The van der Waals surface area contributed by atoms with Gasteiger partial charge in [0.25, 0.3) is 0 Å². The minimum Gasteiger partial charge on any atom is -0.462 e. The van der Waals surface area contributed by atoms with Crippen molar-refractivity contribution in [3.8, 4) is 0 Å². The first-order valence-electron chi connectivity index (χ1n) is 10.7. The Morgan fingerprint density at radius 2 is 1.76 bits per heavy atom. The van der Waals surface area contributed by atoms with Crippen molar-refractivity contribution in [1.82, 2.24) is 0 Å². The minimum absolute atomic E-state index is 0.0738. The molecular weight excluding hydrogens is 380 g/mol. The molecule has 0 radical (unpaired) electrons. The van der Waals surface area contributed by atoms with Crippen LogP contribution < -0.4 is 0 Å². The highest BCUT2D eigenvalue weighted by Gasteiger charge is 2.42. The summed E-state index contributed by atoms with van der Waals surface area (Å²) in [4.78, 5) is 11.8. The van der Waals surface area contributed by atoms with Gasteiger partial charge in [-0.15, -0.1) is 13.2 Å². The number of ether oxygens (including phenoxy) is 2. The van der Waals surface area contributed by atoms with Gasteiger partial charge in [0, 0.05) is 13.2 Å². The molecule has 0 N–H and O–H groups in total. The van der Waals surface area contributed by atoms with Crippen LogP contribution in [0.25, 0.3) is 0 Å². The Balaban J connectivity index is 4.93. The fourth-order valence-corrected chi connectivity index (χ4v) is 4.29. The van der Waals surface area contributed by atoms with E-state index in [0.29, 0.717) is 6.61 Å². The van der Waals surface area contributed by atoms with Gasteiger partial charge in [-0.25, -0.2) is 4.79 Å². The zero-order valence-electron chi connectivity index (χ0n) is 20.0. The Labute approximate surface area is 180 Å². The Morgan fingerprint density at radius 3 is 2.24 bits per heavy atom. The highest BCUT2D eigenvalue weighted by atomic mass is 28.4. The van der Waals surface area contributed by atoms with Gasteiger partial charge in [0.05, 0.1) is 12.7 Å². The van der Waals surface area contributed by atoms with E-state index in [1.807, 2.05) is 18.2 Å². The molecule has 0 spiro atoms. The van der Waals surface area contributed by atoms with Crippen LogP contribution in [-0.4, -0.2) is 40.2 Å². The third-order valence-electron chi connectivity index (χ3n) is 5.70. The van der Waals surface area contributed by atoms with Gasteiger partial charge in [0.15, 0.2) is 8.32 Å². The molecule has 1 unspecified atom stereocenters. The van der Waals surface area contributed by atoms with E-state index in [2.05, 4.69) is 60.9 Å². The maximum absolute atomic E-state index is 11.8. The number of rotatable bonds is 14. The molecule has 0 aliphatic carbocycles. The summed E-state index contributed by atoms with van der Waals surface area (Å²) in [5.41, 5.74) is 0. The van der Waals surface area contributed by atoms with Crippen molar-refractivity contribution >= 4 is 14.3 Å². The molecule has 0 saturated heterocycles. The van der Waals surface area contributed by atoms with Gasteiger partial charge in [0.2, 0.25) is 0 Å². The topological polar surface area (TPSA) is 44.8 Å². The van der Waals surface area contributed by atoms with E-state index in [4.69, 9.17) is 13.9 Å². The zero-order chi connectivity index (χ0) is 22.7. The van der Waals surface area contributed by atoms with Crippen LogP contribution in [0.5, 0.6) is 0 Å². The number of hydrogen-bond donors (Lipinski definition) is 0. The normalized spacial score (nSPS) is 16.8. The van der Waals surface area contributed by atoms with Crippen LogP contribution in [-0.2, 0) is 18.7 Å². The summed E-state index contributed by atoms with van der Waals surface area (Å²) in [6.45, 7) is 23.5. The van der Waals surface area contributed by atoms with Gasteiger partial charge in [-0.1, -0.05) is 52.8 Å². The van der Waals surface area contributed by atoms with Gasteiger partial charge in [-0.3, -0.25) is 0 Å². The lowest BCUT2D eigenvalue weighted by molar-refractivity contribution is -0.139. The molecule has 168 valence electrons. The summed E-state index contributed by atoms with van der Waals surface area (Å²) in [6, 6.07) is 0. The molecule has 0 amide bonds. The number of carbonyl (C=O) groups excluding carboxylic acids is 1. The Hall–Kier alpha value is -1.17. The average molecular weight is 425 g/mol. The monoisotopic (exact) mass is 424 g/mol. The Kier molecular flexibility index (Phi) is 12.7. The van der Waals surface area contributed by atoms with Gasteiger partial charge >= 0.3 is 5.97 Å². The summed E-state index contributed by atoms with van der Waals surface area (Å²) < 4.78 is 17.8. The van der Waals surface area contributed by atoms with Crippen LogP contribution in [0.1, 0.15) is 53.9 Å². The van der Waals surface area contributed by atoms with Crippen molar-refractivity contribution in [3.05, 3.63) is 37.5 Å². The first-order chi connectivity index (χ1) is 13.4. The van der Waals surface area contributed by atoms with Crippen molar-refractivity contribution in [1.29, 1.82) is 0 Å². The lowest BCUT2D eigenvalue weighted by atomic mass is 9.90. The second-order valence-electron chi connectivity index (χ2n) is 9.50. The summed E-state index contributed by atoms with van der Waals surface area (Å²) in [5, 5.41) is 0.115. The predicted molar refractivity (Wildman–Crippen MR) is 126 cm³/mol. The summed E-state index contributed by atoms with van der Waals surface area (Å²) in [6.07, 6.45) is 9.28. The number of hydrogen-bond acceptors (Lipinski definition) is 4. The second-order valence-corrected chi connectivity index (χ2v) is 14.3. The van der Waals surface area contributed by atoms with E-state index in [1.165, 1.54) is 6.08 Å². The number of methoxy groups -OCH3 is 1. The average Bonchev–Trinajstić information content (AvgIpc) is 2.62. The van der Waals surface area contributed by atoms with Crippen LogP contribution in [0.2, 0.25) is 18.1 Å². The van der Waals surface area contributed by atoms with Crippen LogP contribution in [0.3, 0.4) is 0 Å². The maximum atomic E-state index is 11.8. The van der Waals surface area contributed by atoms with Crippen LogP contribution >= 0.6 is 0 Å². The largest absolute Gasteiger partial charge is 0.462 e. The number of allylic oxidation sites excluding steroid dienone is 2. The summed E-state index contributed by atoms with van der Waals surface area (Å²) in [5.74, 6) is 0.177. The number of carbonyl (C=O) groups is 1. The molecule has 0 aromatic heterocycles. The molecule has 0 heterocycles. The van der Waals surface area contributed by atoms with Crippen LogP contribution in [0.4, 0.5) is 0 Å². The van der Waals surface area contributed by atoms with Crippen LogP contribution in [0.15, 0.2) is 37.5 Å². The molecule has 4 atom stereocenters. The lowest BCUT2D eigenvalue weighted by Gasteiger charge is -2.43. The lowest BCUT2D eigenvalue weighted by Crippen LogP contribution is -2.49. The smallest absolute Gasteiger partial charge is 0.330 e. The Morgan fingerprint density at radius 1 is 1.14 bits per heavy atom. The molecule has 0 aromatic rings. The third kappa shape index (κ3) is 10.4. The van der Waals surface area contributed by atoms with Crippen molar-refractivity contribution in [2.75, 3.05) is 13.7 Å². The molecule has 0 bridgehead atoms. The van der Waals surface area contributed by atoms with Crippen molar-refractivity contribution < 1.29 is 18.7 Å². The molecule has 5 heteroatoms. The van der Waals surface area contributed by atoms with Gasteiger partial charge < -0.3 is 13.9 Å². The fraction of sp³-hybridized carbons (Fsp3) is 0.708. The van der Waals surface area contributed by atoms with E-state index >= 15 is 0 Å². The van der Waals surface area contributed by atoms with E-state index in [9.17, 15) is 4.79 Å². The predicted octanol–water partition coefficient (Wildman–Crippen LogP) is 6.31. The molecule has 0 aliphatic rings. The van der Waals surface area contributed by atoms with Gasteiger partial charge in [0.1, 0.15) is 6.10 Å². The standard InChI is InChI=1S/C24H44O4Si/c1-11-13-14-15-16-22(25)27-18-19(3)17-20(4)23(21(12-2)26-8)28-29(9,10)24(5,6)7/h11-12,15-16,19-21,23H,1-2,13-14,17-18H2,3-10H3/b16-15+/t19?,20-,21+,23+/m1/s1. The highest BCUT2D eigenvalue weighted by molar-refractivity contribution is 6.74. The molecule has 0 saturated carbocycles. The molecular formula is C24H44O4Si. The molecule has 29 heavy (non-hydrogen) atoms. The van der Waals surface area contributed by atoms with Crippen molar-refractivity contribution in [2.45, 2.75) is 84.2 Å². The van der Waals surface area contributed by atoms with Gasteiger partial charge in [-0.05, 0) is 49.2 Å². The summed E-state index contributed by atoms with van der Waals surface area (Å²) in [7, 11) is -0.265. The minimum atomic E-state index is -1.96. The molecule has 0 aromatic carbocycles. The second kappa shape index (κ2) is 13.2. The first-order valence-corrected chi connectivity index (χ1v) is 13.6. The zero-order valence-corrected chi connectivity index (χ0v) is 21.0. The number of unbranched alkanes of at least 4 members (excludes halogenated alkanes) is 1. The van der Waals surface area contributed by atoms with E-state index in [0.717, 1.165) is 19.3 Å². The number of esters is 1. The van der Waals surface area contributed by atoms with Gasteiger partial charge in [-0.2, -0.15) is 0 Å². The molecule has 0 aliphatic heterocycles. The van der Waals surface area contributed by atoms with Crippen molar-refractivity contribution in [2.24, 2.45) is 11.8 Å². The van der Waals surface area contributed by atoms with E-state index in [-0.39, 0.29) is 35.1 Å². The van der Waals surface area contributed by atoms with E-state index in [1.54, 1.807) is 7.11 Å². The molecule has 4 nitrogen and oxygen atoms in total.